The van der Waals surface area contributed by atoms with Gasteiger partial charge < -0.3 is 0 Å². The summed E-state index contributed by atoms with van der Waals surface area (Å²) in [6.07, 6.45) is 2.38. The highest BCUT2D eigenvalue weighted by atomic mass is 16.2. The summed E-state index contributed by atoms with van der Waals surface area (Å²) < 4.78 is 0. The maximum absolute atomic E-state index is 11.2. The van der Waals surface area contributed by atoms with Crippen LogP contribution < -0.4 is 11.3 Å². The molecule has 0 aliphatic rings. The first-order valence-electron chi connectivity index (χ1n) is 4.48. The Morgan fingerprint density at radius 3 is 2.57 bits per heavy atom. The zero-order valence-electron chi connectivity index (χ0n) is 8.16. The van der Waals surface area contributed by atoms with Crippen molar-refractivity contribution < 1.29 is 4.79 Å². The van der Waals surface area contributed by atoms with Crippen LogP contribution in [0.3, 0.4) is 0 Å². The molecule has 0 aliphatic heterocycles. The summed E-state index contributed by atoms with van der Waals surface area (Å²) >= 11 is 0. The number of amides is 1. The van der Waals surface area contributed by atoms with Crippen molar-refractivity contribution in [3.8, 4) is 0 Å². The molecular formula is C11H14N2O. The number of allylic oxidation sites excluding steroid dienone is 1. The quantitative estimate of drug-likeness (QED) is 0.325. The standard InChI is InChI=1S/C11H14N2O/c1-2-10(11(14)13-12)8-9-6-4-3-5-7-9/h2-7H,8,12H2,1H3,(H,13,14)/b10-2+. The van der Waals surface area contributed by atoms with Gasteiger partial charge in [-0.05, 0) is 12.5 Å². The van der Waals surface area contributed by atoms with Gasteiger partial charge >= 0.3 is 0 Å². The molecule has 1 rings (SSSR count). The molecule has 0 spiro atoms. The molecule has 3 N–H and O–H groups in total. The maximum Gasteiger partial charge on any atom is 0.261 e. The van der Waals surface area contributed by atoms with Gasteiger partial charge in [0.25, 0.3) is 5.91 Å². The van der Waals surface area contributed by atoms with E-state index >= 15 is 0 Å². The Labute approximate surface area is 83.6 Å². The Morgan fingerprint density at radius 2 is 2.07 bits per heavy atom. The molecule has 0 saturated carbocycles. The molecule has 0 radical (unpaired) electrons. The first-order chi connectivity index (χ1) is 6.77. The number of carbonyl (C=O) groups excluding carboxylic acids is 1. The van der Waals surface area contributed by atoms with Gasteiger partial charge in [0.15, 0.2) is 0 Å². The van der Waals surface area contributed by atoms with E-state index in [4.69, 9.17) is 5.84 Å². The third-order valence-electron chi connectivity index (χ3n) is 2.01. The number of benzene rings is 1. The second kappa shape index (κ2) is 5.19. The number of hydrogen-bond acceptors (Lipinski definition) is 2. The van der Waals surface area contributed by atoms with Crippen LogP contribution in [0.5, 0.6) is 0 Å². The lowest BCUT2D eigenvalue weighted by atomic mass is 10.0. The van der Waals surface area contributed by atoms with Crippen molar-refractivity contribution in [1.82, 2.24) is 5.43 Å². The van der Waals surface area contributed by atoms with Crippen LogP contribution in [0.15, 0.2) is 42.0 Å². The molecule has 0 fully saturated rings. The van der Waals surface area contributed by atoms with Crippen LogP contribution in [-0.2, 0) is 11.2 Å². The number of hydrazine groups is 1. The fraction of sp³-hybridized carbons (Fsp3) is 0.182. The summed E-state index contributed by atoms with van der Waals surface area (Å²) in [5.41, 5.74) is 3.91. The lowest BCUT2D eigenvalue weighted by Gasteiger charge is -2.04. The zero-order valence-corrected chi connectivity index (χ0v) is 8.16. The highest BCUT2D eigenvalue weighted by molar-refractivity contribution is 5.93. The average molecular weight is 190 g/mol. The van der Waals surface area contributed by atoms with Crippen LogP contribution in [-0.4, -0.2) is 5.91 Å². The van der Waals surface area contributed by atoms with E-state index in [1.54, 1.807) is 6.08 Å². The highest BCUT2D eigenvalue weighted by Crippen LogP contribution is 2.07. The molecule has 0 unspecified atom stereocenters. The van der Waals surface area contributed by atoms with Gasteiger partial charge in [-0.25, -0.2) is 5.84 Å². The third-order valence-corrected chi connectivity index (χ3v) is 2.01. The van der Waals surface area contributed by atoms with E-state index in [0.29, 0.717) is 12.0 Å². The van der Waals surface area contributed by atoms with Gasteiger partial charge in [0, 0.05) is 12.0 Å². The molecule has 0 saturated heterocycles. The van der Waals surface area contributed by atoms with Gasteiger partial charge in [0.05, 0.1) is 0 Å². The lowest BCUT2D eigenvalue weighted by molar-refractivity contribution is -0.117. The van der Waals surface area contributed by atoms with Gasteiger partial charge in [-0.3, -0.25) is 10.2 Å². The average Bonchev–Trinajstić information content (AvgIpc) is 2.26. The van der Waals surface area contributed by atoms with Crippen molar-refractivity contribution >= 4 is 5.91 Å². The van der Waals surface area contributed by atoms with Crippen molar-refractivity contribution in [3.63, 3.8) is 0 Å². The predicted molar refractivity (Wildman–Crippen MR) is 56.2 cm³/mol. The Kier molecular flexibility index (Phi) is 3.88. The summed E-state index contributed by atoms with van der Waals surface area (Å²) in [6.45, 7) is 1.83. The second-order valence-corrected chi connectivity index (χ2v) is 2.95. The SMILES string of the molecule is C/C=C(\Cc1ccccc1)C(=O)NN. The monoisotopic (exact) mass is 190 g/mol. The van der Waals surface area contributed by atoms with Crippen LogP contribution >= 0.6 is 0 Å². The smallest absolute Gasteiger partial charge is 0.261 e. The number of rotatable bonds is 3. The van der Waals surface area contributed by atoms with Crippen LogP contribution in [0.1, 0.15) is 12.5 Å². The molecule has 74 valence electrons. The Morgan fingerprint density at radius 1 is 1.43 bits per heavy atom. The van der Waals surface area contributed by atoms with Gasteiger partial charge in [-0.1, -0.05) is 36.4 Å². The van der Waals surface area contributed by atoms with Crippen LogP contribution in [0.4, 0.5) is 0 Å². The predicted octanol–water partition coefficient (Wildman–Crippen LogP) is 1.17. The normalized spacial score (nSPS) is 11.1. The Bertz CT molecular complexity index is 330. The van der Waals surface area contributed by atoms with Crippen molar-refractivity contribution in [1.29, 1.82) is 0 Å². The Balaban J connectivity index is 2.73. The first-order valence-corrected chi connectivity index (χ1v) is 4.48. The maximum atomic E-state index is 11.2. The molecule has 3 nitrogen and oxygen atoms in total. The molecule has 0 aromatic heterocycles. The van der Waals surface area contributed by atoms with Crippen molar-refractivity contribution in [2.24, 2.45) is 5.84 Å². The molecular weight excluding hydrogens is 176 g/mol. The fourth-order valence-electron chi connectivity index (χ4n) is 1.22. The molecule has 14 heavy (non-hydrogen) atoms. The molecule has 3 heteroatoms. The van der Waals surface area contributed by atoms with E-state index in [9.17, 15) is 4.79 Å². The zero-order chi connectivity index (χ0) is 10.4. The van der Waals surface area contributed by atoms with Crippen molar-refractivity contribution in [2.75, 3.05) is 0 Å². The Hall–Kier alpha value is -1.61. The van der Waals surface area contributed by atoms with Crippen LogP contribution in [0.25, 0.3) is 0 Å². The number of nitrogens with two attached hydrogens (primary N) is 1. The van der Waals surface area contributed by atoms with Crippen molar-refractivity contribution in [3.05, 3.63) is 47.5 Å². The minimum atomic E-state index is -0.226. The van der Waals surface area contributed by atoms with E-state index in [2.05, 4.69) is 5.43 Å². The largest absolute Gasteiger partial charge is 0.290 e. The van der Waals surface area contributed by atoms with Crippen LogP contribution in [0.2, 0.25) is 0 Å². The van der Waals surface area contributed by atoms with E-state index in [-0.39, 0.29) is 5.91 Å². The number of carbonyl (C=O) groups is 1. The van der Waals surface area contributed by atoms with E-state index in [1.807, 2.05) is 37.3 Å². The van der Waals surface area contributed by atoms with Crippen LogP contribution in [0, 0.1) is 0 Å². The van der Waals surface area contributed by atoms with E-state index in [1.165, 1.54) is 0 Å². The summed E-state index contributed by atoms with van der Waals surface area (Å²) in [7, 11) is 0. The molecule has 0 bridgehead atoms. The number of nitrogens with one attached hydrogen (secondary N) is 1. The topological polar surface area (TPSA) is 55.1 Å². The van der Waals surface area contributed by atoms with Gasteiger partial charge in [0.2, 0.25) is 0 Å². The van der Waals surface area contributed by atoms with Gasteiger partial charge in [-0.15, -0.1) is 0 Å². The van der Waals surface area contributed by atoms with Gasteiger partial charge in [0.1, 0.15) is 0 Å². The molecule has 1 aromatic carbocycles. The molecule has 0 heterocycles. The lowest BCUT2D eigenvalue weighted by Crippen LogP contribution is -2.31. The summed E-state index contributed by atoms with van der Waals surface area (Å²) in [5.74, 6) is 4.84. The summed E-state index contributed by atoms with van der Waals surface area (Å²) in [4.78, 5) is 11.2. The van der Waals surface area contributed by atoms with Crippen molar-refractivity contribution in [2.45, 2.75) is 13.3 Å². The number of hydrogen-bond donors (Lipinski definition) is 2. The van der Waals surface area contributed by atoms with E-state index in [0.717, 1.165) is 5.56 Å². The van der Waals surface area contributed by atoms with E-state index < -0.39 is 0 Å². The summed E-state index contributed by atoms with van der Waals surface area (Å²) in [6, 6.07) is 9.80. The third kappa shape index (κ3) is 2.71. The minimum Gasteiger partial charge on any atom is -0.290 e. The molecule has 1 amide bonds. The highest BCUT2D eigenvalue weighted by Gasteiger charge is 2.06. The minimum absolute atomic E-state index is 0.226. The molecule has 0 atom stereocenters. The van der Waals surface area contributed by atoms with Gasteiger partial charge in [-0.2, -0.15) is 0 Å². The fourth-order valence-corrected chi connectivity index (χ4v) is 1.22. The first kappa shape index (κ1) is 10.5. The second-order valence-electron chi connectivity index (χ2n) is 2.95. The summed E-state index contributed by atoms with van der Waals surface area (Å²) in [5, 5.41) is 0. The molecule has 1 aromatic rings. The molecule has 0 aliphatic carbocycles.